The van der Waals surface area contributed by atoms with Gasteiger partial charge >= 0.3 is 0 Å². The van der Waals surface area contributed by atoms with Gasteiger partial charge in [0.2, 0.25) is 15.9 Å². The molecule has 0 fully saturated rings. The predicted molar refractivity (Wildman–Crippen MR) is 115 cm³/mol. The highest BCUT2D eigenvalue weighted by atomic mass is 32.2. The molecule has 0 spiro atoms. The minimum atomic E-state index is -3.78. The lowest BCUT2D eigenvalue weighted by Crippen LogP contribution is -2.26. The predicted octanol–water partition coefficient (Wildman–Crippen LogP) is 2.54. The number of benzene rings is 2. The number of aromatic nitrogens is 2. The number of fused-ring (bicyclic) bond motifs is 1. The maximum Gasteiger partial charge on any atom is 0.238 e. The number of hydrogen-bond acceptors (Lipinski definition) is 5. The van der Waals surface area contributed by atoms with Crippen molar-refractivity contribution in [2.45, 2.75) is 36.4 Å². The summed E-state index contributed by atoms with van der Waals surface area (Å²) >= 11 is 1.33. The molecule has 0 radical (unpaired) electrons. The van der Waals surface area contributed by atoms with E-state index in [1.807, 2.05) is 29.7 Å². The first-order valence-electron chi connectivity index (χ1n) is 9.35. The Morgan fingerprint density at radius 1 is 1.21 bits per heavy atom. The van der Waals surface area contributed by atoms with Crippen molar-refractivity contribution in [2.24, 2.45) is 5.14 Å². The van der Waals surface area contributed by atoms with Gasteiger partial charge in [0.1, 0.15) is 0 Å². The van der Waals surface area contributed by atoms with E-state index < -0.39 is 10.0 Å². The third kappa shape index (κ3) is 5.59. The van der Waals surface area contributed by atoms with Crippen LogP contribution in [-0.2, 0) is 27.8 Å². The molecule has 0 bridgehead atoms. The van der Waals surface area contributed by atoms with Crippen LogP contribution in [0.25, 0.3) is 11.0 Å². The fourth-order valence-electron chi connectivity index (χ4n) is 3.03. The number of imidazole rings is 1. The molecule has 3 aromatic rings. The lowest BCUT2D eigenvalue weighted by atomic mass is 10.1. The SMILES string of the molecule is CCn1c(SCC(=O)NCCCc2ccccc2)nc2cc(S(N)(=O)=O)ccc21. The summed E-state index contributed by atoms with van der Waals surface area (Å²) in [6.07, 6.45) is 1.80. The zero-order valence-corrected chi connectivity index (χ0v) is 17.8. The molecule has 9 heteroatoms. The maximum atomic E-state index is 12.2. The Balaban J connectivity index is 1.57. The summed E-state index contributed by atoms with van der Waals surface area (Å²) in [5, 5.41) is 8.80. The second-order valence-corrected chi connectivity index (χ2v) is 9.07. The van der Waals surface area contributed by atoms with Crippen molar-refractivity contribution >= 4 is 38.7 Å². The summed E-state index contributed by atoms with van der Waals surface area (Å²) in [7, 11) is -3.78. The van der Waals surface area contributed by atoms with Crippen molar-refractivity contribution in [3.05, 3.63) is 54.1 Å². The van der Waals surface area contributed by atoms with Crippen molar-refractivity contribution in [1.29, 1.82) is 0 Å². The number of carbonyl (C=O) groups excluding carboxylic acids is 1. The van der Waals surface area contributed by atoms with Crippen LogP contribution in [0, 0.1) is 0 Å². The lowest BCUT2D eigenvalue weighted by Gasteiger charge is -2.07. The van der Waals surface area contributed by atoms with Crippen molar-refractivity contribution in [2.75, 3.05) is 12.3 Å². The number of aryl methyl sites for hydroxylation is 2. The first-order chi connectivity index (χ1) is 13.9. The summed E-state index contributed by atoms with van der Waals surface area (Å²) in [6.45, 7) is 3.25. The Morgan fingerprint density at radius 2 is 1.97 bits per heavy atom. The van der Waals surface area contributed by atoms with Gasteiger partial charge in [-0.15, -0.1) is 0 Å². The monoisotopic (exact) mass is 432 g/mol. The molecule has 2 aromatic carbocycles. The molecular weight excluding hydrogens is 408 g/mol. The van der Waals surface area contributed by atoms with E-state index in [0.29, 0.717) is 23.8 Å². The van der Waals surface area contributed by atoms with Gasteiger partial charge in [-0.1, -0.05) is 42.1 Å². The first-order valence-corrected chi connectivity index (χ1v) is 11.9. The molecule has 3 rings (SSSR count). The fourth-order valence-corrected chi connectivity index (χ4v) is 4.47. The largest absolute Gasteiger partial charge is 0.355 e. The third-order valence-electron chi connectivity index (χ3n) is 4.47. The second kappa shape index (κ2) is 9.43. The Morgan fingerprint density at radius 3 is 2.66 bits per heavy atom. The topological polar surface area (TPSA) is 107 Å². The Bertz CT molecular complexity index is 1100. The van der Waals surface area contributed by atoms with Gasteiger partial charge in [-0.25, -0.2) is 18.5 Å². The van der Waals surface area contributed by atoms with Gasteiger partial charge in [0.15, 0.2) is 5.16 Å². The normalized spacial score (nSPS) is 11.7. The van der Waals surface area contributed by atoms with Crippen molar-refractivity contribution < 1.29 is 13.2 Å². The van der Waals surface area contributed by atoms with E-state index in [9.17, 15) is 13.2 Å². The fraction of sp³-hybridized carbons (Fsp3) is 0.300. The zero-order chi connectivity index (χ0) is 20.9. The van der Waals surface area contributed by atoms with Gasteiger partial charge in [0, 0.05) is 13.1 Å². The van der Waals surface area contributed by atoms with E-state index in [-0.39, 0.29) is 16.6 Å². The Kier molecular flexibility index (Phi) is 6.94. The molecule has 1 amide bonds. The standard InChI is InChI=1S/C20H24N4O3S2/c1-2-24-18-11-10-16(29(21,26)27)13-17(18)23-20(24)28-14-19(25)22-12-6-9-15-7-4-3-5-8-15/h3-5,7-8,10-11,13H,2,6,9,12,14H2,1H3,(H,22,25)(H2,21,26,27). The summed E-state index contributed by atoms with van der Waals surface area (Å²) < 4.78 is 25.1. The van der Waals surface area contributed by atoms with E-state index in [0.717, 1.165) is 18.4 Å². The molecule has 0 atom stereocenters. The van der Waals surface area contributed by atoms with E-state index >= 15 is 0 Å². The van der Waals surface area contributed by atoms with Gasteiger partial charge in [-0.3, -0.25) is 4.79 Å². The van der Waals surface area contributed by atoms with Crippen LogP contribution >= 0.6 is 11.8 Å². The molecule has 0 unspecified atom stereocenters. The summed E-state index contributed by atoms with van der Waals surface area (Å²) in [5.41, 5.74) is 2.61. The minimum absolute atomic E-state index is 0.0264. The van der Waals surface area contributed by atoms with Gasteiger partial charge in [-0.2, -0.15) is 0 Å². The van der Waals surface area contributed by atoms with E-state index in [4.69, 9.17) is 5.14 Å². The molecule has 1 aromatic heterocycles. The molecular formula is C20H24N4O3S2. The van der Waals surface area contributed by atoms with Crippen molar-refractivity contribution in [3.63, 3.8) is 0 Å². The van der Waals surface area contributed by atoms with Crippen LogP contribution in [0.15, 0.2) is 58.6 Å². The van der Waals surface area contributed by atoms with Crippen LogP contribution < -0.4 is 10.5 Å². The van der Waals surface area contributed by atoms with Gasteiger partial charge in [-0.05, 0) is 43.5 Å². The molecule has 0 saturated carbocycles. The minimum Gasteiger partial charge on any atom is -0.355 e. The Labute approximate surface area is 174 Å². The van der Waals surface area contributed by atoms with Crippen LogP contribution in [0.4, 0.5) is 0 Å². The molecule has 3 N–H and O–H groups in total. The molecule has 0 saturated heterocycles. The third-order valence-corrected chi connectivity index (χ3v) is 6.36. The number of thioether (sulfide) groups is 1. The highest BCUT2D eigenvalue weighted by Gasteiger charge is 2.15. The first kappa shape index (κ1) is 21.4. The number of nitrogens with one attached hydrogen (secondary N) is 1. The molecule has 1 heterocycles. The molecule has 7 nitrogen and oxygen atoms in total. The second-order valence-electron chi connectivity index (χ2n) is 6.56. The smallest absolute Gasteiger partial charge is 0.238 e. The number of nitrogens with zero attached hydrogens (tertiary/aromatic N) is 2. The molecule has 0 aliphatic heterocycles. The van der Waals surface area contributed by atoms with Gasteiger partial charge in [0.25, 0.3) is 0 Å². The summed E-state index contributed by atoms with van der Waals surface area (Å²) in [6, 6.07) is 14.8. The number of amides is 1. The molecule has 154 valence electrons. The highest BCUT2D eigenvalue weighted by molar-refractivity contribution is 7.99. The zero-order valence-electron chi connectivity index (χ0n) is 16.2. The van der Waals surface area contributed by atoms with Crippen molar-refractivity contribution in [3.8, 4) is 0 Å². The van der Waals surface area contributed by atoms with Crippen LogP contribution in [0.1, 0.15) is 18.9 Å². The Hall–Kier alpha value is -2.36. The summed E-state index contributed by atoms with van der Waals surface area (Å²) in [5.74, 6) is 0.194. The van der Waals surface area contributed by atoms with Crippen LogP contribution in [-0.4, -0.2) is 36.2 Å². The maximum absolute atomic E-state index is 12.2. The van der Waals surface area contributed by atoms with Gasteiger partial charge < -0.3 is 9.88 Å². The van der Waals surface area contributed by atoms with E-state index in [1.165, 1.54) is 29.5 Å². The number of nitrogens with two attached hydrogens (primary N) is 1. The lowest BCUT2D eigenvalue weighted by molar-refractivity contribution is -0.118. The van der Waals surface area contributed by atoms with E-state index in [1.54, 1.807) is 6.07 Å². The van der Waals surface area contributed by atoms with Gasteiger partial charge in [0.05, 0.1) is 21.7 Å². The number of primary sulfonamides is 1. The number of sulfonamides is 1. The molecule has 0 aliphatic carbocycles. The van der Waals surface area contributed by atoms with E-state index in [2.05, 4.69) is 22.4 Å². The highest BCUT2D eigenvalue weighted by Crippen LogP contribution is 2.25. The van der Waals surface area contributed by atoms with Crippen LogP contribution in [0.5, 0.6) is 0 Å². The molecule has 29 heavy (non-hydrogen) atoms. The quantitative estimate of drug-likeness (QED) is 0.399. The summed E-state index contributed by atoms with van der Waals surface area (Å²) in [4.78, 5) is 16.7. The number of rotatable bonds is 9. The number of hydrogen-bond donors (Lipinski definition) is 2. The average molecular weight is 433 g/mol. The van der Waals surface area contributed by atoms with Crippen LogP contribution in [0.2, 0.25) is 0 Å². The van der Waals surface area contributed by atoms with Crippen molar-refractivity contribution in [1.82, 2.24) is 14.9 Å². The molecule has 0 aliphatic rings. The number of carbonyl (C=O) groups is 1. The average Bonchev–Trinajstić information content (AvgIpc) is 3.06. The van der Waals surface area contributed by atoms with Crippen LogP contribution in [0.3, 0.4) is 0 Å².